The highest BCUT2D eigenvalue weighted by Crippen LogP contribution is 2.27. The topological polar surface area (TPSA) is 44.9 Å². The van der Waals surface area contributed by atoms with Gasteiger partial charge in [-0.1, -0.05) is 66.7 Å². The second-order valence-electron chi connectivity index (χ2n) is 6.70. The fourth-order valence-electron chi connectivity index (χ4n) is 3.52. The molecule has 0 aliphatic heterocycles. The van der Waals surface area contributed by atoms with Crippen LogP contribution in [0.4, 0.5) is 0 Å². The molecule has 0 unspecified atom stereocenters. The van der Waals surface area contributed by atoms with E-state index in [1.165, 1.54) is 11.1 Å². The van der Waals surface area contributed by atoms with Crippen molar-refractivity contribution in [3.05, 3.63) is 108 Å². The average Bonchev–Trinajstić information content (AvgIpc) is 3.20. The summed E-state index contributed by atoms with van der Waals surface area (Å²) in [6.45, 7) is 0.621. The standard InChI is InChI=1S/C24H22N2O/c27-24(21-12-11-20-13-15-25-23(20)17-21)26-16-14-22(18-7-3-1-4-8-18)19-9-5-2-6-10-19/h1-13,15,17,22,25H,14,16H2,(H,26,27). The first-order valence-electron chi connectivity index (χ1n) is 9.26. The van der Waals surface area contributed by atoms with E-state index in [0.717, 1.165) is 17.3 Å². The van der Waals surface area contributed by atoms with Gasteiger partial charge >= 0.3 is 0 Å². The normalized spacial score (nSPS) is 11.0. The molecule has 0 atom stereocenters. The van der Waals surface area contributed by atoms with Crippen LogP contribution < -0.4 is 5.32 Å². The quantitative estimate of drug-likeness (QED) is 0.496. The van der Waals surface area contributed by atoms with Crippen LogP contribution in [0.1, 0.15) is 33.8 Å². The Labute approximate surface area is 159 Å². The van der Waals surface area contributed by atoms with Crippen LogP contribution in [0.25, 0.3) is 10.9 Å². The molecule has 27 heavy (non-hydrogen) atoms. The molecule has 4 rings (SSSR count). The summed E-state index contributed by atoms with van der Waals surface area (Å²) in [5.41, 5.74) is 4.20. The lowest BCUT2D eigenvalue weighted by Gasteiger charge is -2.18. The molecule has 0 aliphatic rings. The van der Waals surface area contributed by atoms with Gasteiger partial charge in [-0.15, -0.1) is 0 Å². The number of carbonyl (C=O) groups excluding carboxylic acids is 1. The highest BCUT2D eigenvalue weighted by Gasteiger charge is 2.14. The Bertz CT molecular complexity index is 982. The summed E-state index contributed by atoms with van der Waals surface area (Å²) in [5.74, 6) is 0.227. The zero-order valence-electron chi connectivity index (χ0n) is 15.1. The zero-order chi connectivity index (χ0) is 18.5. The number of H-pyrrole nitrogens is 1. The number of fused-ring (bicyclic) bond motifs is 1. The molecule has 1 amide bonds. The fraction of sp³-hybridized carbons (Fsp3) is 0.125. The lowest BCUT2D eigenvalue weighted by atomic mass is 9.88. The van der Waals surface area contributed by atoms with Crippen LogP contribution in [-0.4, -0.2) is 17.4 Å². The van der Waals surface area contributed by atoms with Crippen LogP contribution in [0.3, 0.4) is 0 Å². The van der Waals surface area contributed by atoms with E-state index in [9.17, 15) is 4.79 Å². The van der Waals surface area contributed by atoms with Crippen LogP contribution in [0.5, 0.6) is 0 Å². The van der Waals surface area contributed by atoms with Crippen molar-refractivity contribution in [2.45, 2.75) is 12.3 Å². The minimum atomic E-state index is -0.0358. The molecule has 0 saturated heterocycles. The van der Waals surface area contributed by atoms with Crippen molar-refractivity contribution in [1.82, 2.24) is 10.3 Å². The first-order chi connectivity index (χ1) is 13.3. The molecule has 134 valence electrons. The van der Waals surface area contributed by atoms with Gasteiger partial charge in [0.2, 0.25) is 0 Å². The van der Waals surface area contributed by atoms with Crippen molar-refractivity contribution in [2.24, 2.45) is 0 Å². The molecule has 3 aromatic carbocycles. The van der Waals surface area contributed by atoms with Gasteiger partial charge in [0, 0.05) is 29.7 Å². The Morgan fingerprint density at radius 1 is 0.852 bits per heavy atom. The molecule has 1 aromatic heterocycles. The first kappa shape index (κ1) is 17.1. The van der Waals surface area contributed by atoms with Crippen LogP contribution in [0.15, 0.2) is 91.1 Å². The zero-order valence-corrected chi connectivity index (χ0v) is 15.1. The van der Waals surface area contributed by atoms with Gasteiger partial charge in [-0.05, 0) is 41.1 Å². The number of hydrogen-bond acceptors (Lipinski definition) is 1. The third-order valence-electron chi connectivity index (χ3n) is 4.94. The summed E-state index contributed by atoms with van der Waals surface area (Å²) >= 11 is 0. The van der Waals surface area contributed by atoms with E-state index in [4.69, 9.17) is 0 Å². The molecule has 3 heteroatoms. The molecule has 0 fully saturated rings. The van der Waals surface area contributed by atoms with Crippen molar-refractivity contribution < 1.29 is 4.79 Å². The van der Waals surface area contributed by atoms with Crippen molar-refractivity contribution in [3.63, 3.8) is 0 Å². The van der Waals surface area contributed by atoms with Gasteiger partial charge in [0.05, 0.1) is 0 Å². The third kappa shape index (κ3) is 3.93. The molecular weight excluding hydrogens is 332 g/mol. The summed E-state index contributed by atoms with van der Waals surface area (Å²) in [4.78, 5) is 15.7. The average molecular weight is 354 g/mol. The maximum atomic E-state index is 12.5. The number of hydrogen-bond donors (Lipinski definition) is 2. The summed E-state index contributed by atoms with van der Waals surface area (Å²) in [5, 5.41) is 4.18. The lowest BCUT2D eigenvalue weighted by molar-refractivity contribution is 0.0953. The third-order valence-corrected chi connectivity index (χ3v) is 4.94. The molecule has 1 heterocycles. The molecule has 0 saturated carbocycles. The maximum Gasteiger partial charge on any atom is 0.251 e. The van der Waals surface area contributed by atoms with E-state index in [1.807, 2.05) is 42.6 Å². The van der Waals surface area contributed by atoms with E-state index >= 15 is 0 Å². The van der Waals surface area contributed by atoms with Gasteiger partial charge in [0.1, 0.15) is 0 Å². The minimum Gasteiger partial charge on any atom is -0.361 e. The SMILES string of the molecule is O=C(NCCC(c1ccccc1)c1ccccc1)c1ccc2cc[nH]c2c1. The number of aromatic amines is 1. The minimum absolute atomic E-state index is 0.0358. The molecule has 0 aliphatic carbocycles. The van der Waals surface area contributed by atoms with Crippen molar-refractivity contribution in [1.29, 1.82) is 0 Å². The molecule has 0 bridgehead atoms. The summed E-state index contributed by atoms with van der Waals surface area (Å²) in [6, 6.07) is 28.7. The van der Waals surface area contributed by atoms with Crippen molar-refractivity contribution in [2.75, 3.05) is 6.54 Å². The fourth-order valence-corrected chi connectivity index (χ4v) is 3.52. The number of nitrogens with one attached hydrogen (secondary N) is 2. The Balaban J connectivity index is 1.45. The second kappa shape index (κ2) is 7.92. The summed E-state index contributed by atoms with van der Waals surface area (Å²) in [6.07, 6.45) is 2.74. The molecular formula is C24H22N2O. The Kier molecular flexibility index (Phi) is 5.01. The Morgan fingerprint density at radius 2 is 1.52 bits per heavy atom. The number of rotatable bonds is 6. The van der Waals surface area contributed by atoms with E-state index in [2.05, 4.69) is 58.8 Å². The van der Waals surface area contributed by atoms with Gasteiger partial charge in [-0.25, -0.2) is 0 Å². The van der Waals surface area contributed by atoms with Gasteiger partial charge in [-0.3, -0.25) is 4.79 Å². The van der Waals surface area contributed by atoms with E-state index < -0.39 is 0 Å². The molecule has 2 N–H and O–H groups in total. The Hall–Kier alpha value is -3.33. The largest absolute Gasteiger partial charge is 0.361 e. The molecule has 3 nitrogen and oxygen atoms in total. The van der Waals surface area contributed by atoms with Crippen LogP contribution >= 0.6 is 0 Å². The number of aromatic nitrogens is 1. The van der Waals surface area contributed by atoms with Crippen molar-refractivity contribution >= 4 is 16.8 Å². The van der Waals surface area contributed by atoms with Crippen LogP contribution in [0, 0.1) is 0 Å². The number of carbonyl (C=O) groups is 1. The number of amides is 1. The monoisotopic (exact) mass is 354 g/mol. The van der Waals surface area contributed by atoms with Crippen LogP contribution in [0.2, 0.25) is 0 Å². The highest BCUT2D eigenvalue weighted by atomic mass is 16.1. The Morgan fingerprint density at radius 3 is 2.19 bits per heavy atom. The maximum absolute atomic E-state index is 12.5. The number of benzene rings is 3. The van der Waals surface area contributed by atoms with Gasteiger partial charge < -0.3 is 10.3 Å². The first-order valence-corrected chi connectivity index (χ1v) is 9.26. The highest BCUT2D eigenvalue weighted by molar-refractivity contribution is 5.97. The van der Waals surface area contributed by atoms with E-state index in [1.54, 1.807) is 0 Å². The summed E-state index contributed by atoms with van der Waals surface area (Å²) < 4.78 is 0. The smallest absolute Gasteiger partial charge is 0.251 e. The molecule has 0 spiro atoms. The predicted molar refractivity (Wildman–Crippen MR) is 110 cm³/mol. The molecule has 4 aromatic rings. The van der Waals surface area contributed by atoms with Crippen LogP contribution in [-0.2, 0) is 0 Å². The van der Waals surface area contributed by atoms with Crippen molar-refractivity contribution in [3.8, 4) is 0 Å². The van der Waals surface area contributed by atoms with Gasteiger partial charge in [0.25, 0.3) is 5.91 Å². The second-order valence-corrected chi connectivity index (χ2v) is 6.70. The van der Waals surface area contributed by atoms with E-state index in [0.29, 0.717) is 12.1 Å². The van der Waals surface area contributed by atoms with Gasteiger partial charge in [0.15, 0.2) is 0 Å². The molecule has 0 radical (unpaired) electrons. The predicted octanol–water partition coefficient (Wildman–Crippen LogP) is 5.12. The summed E-state index contributed by atoms with van der Waals surface area (Å²) in [7, 11) is 0. The van der Waals surface area contributed by atoms with E-state index in [-0.39, 0.29) is 11.8 Å². The van der Waals surface area contributed by atoms with Gasteiger partial charge in [-0.2, -0.15) is 0 Å². The lowest BCUT2D eigenvalue weighted by Crippen LogP contribution is -2.25.